The molecular weight excluding hydrogens is 390 g/mol. The van der Waals surface area contributed by atoms with Crippen LogP contribution in [0.1, 0.15) is 52.0 Å². The number of nitrogens with zero attached hydrogens (tertiary/aromatic N) is 4. The average Bonchev–Trinajstić information content (AvgIpc) is 3.32. The van der Waals surface area contributed by atoms with Gasteiger partial charge in [0.25, 0.3) is 11.8 Å². The Hall–Kier alpha value is -3.48. The number of hydrogen-bond acceptors (Lipinski definition) is 4. The summed E-state index contributed by atoms with van der Waals surface area (Å²) in [4.78, 5) is 31.5. The first-order chi connectivity index (χ1) is 15.2. The summed E-state index contributed by atoms with van der Waals surface area (Å²) in [5.41, 5.74) is 2.36. The van der Waals surface area contributed by atoms with E-state index >= 15 is 0 Å². The fraction of sp³-hybridized carbons (Fsp3) is 0.333. The molecule has 1 atom stereocenters. The molecule has 0 saturated carbocycles. The van der Waals surface area contributed by atoms with E-state index in [4.69, 9.17) is 0 Å². The van der Waals surface area contributed by atoms with E-state index in [-0.39, 0.29) is 17.9 Å². The molecule has 0 aliphatic carbocycles. The normalized spacial score (nSPS) is 16.1. The lowest BCUT2D eigenvalue weighted by Crippen LogP contribution is -2.45. The van der Waals surface area contributed by atoms with Crippen molar-refractivity contribution in [2.75, 3.05) is 13.1 Å². The molecule has 4 rings (SSSR count). The van der Waals surface area contributed by atoms with Crippen LogP contribution in [0, 0.1) is 0 Å². The highest BCUT2D eigenvalue weighted by Crippen LogP contribution is 2.22. The molecule has 0 bridgehead atoms. The maximum atomic E-state index is 13.3. The van der Waals surface area contributed by atoms with Crippen LogP contribution in [0.25, 0.3) is 0 Å². The molecule has 0 spiro atoms. The zero-order valence-corrected chi connectivity index (χ0v) is 17.5. The van der Waals surface area contributed by atoms with Crippen molar-refractivity contribution in [3.05, 3.63) is 83.9 Å². The van der Waals surface area contributed by atoms with Gasteiger partial charge in [0.15, 0.2) is 0 Å². The number of hydrogen-bond donors (Lipinski definition) is 1. The van der Waals surface area contributed by atoms with E-state index in [0.717, 1.165) is 37.8 Å². The van der Waals surface area contributed by atoms with Crippen LogP contribution >= 0.6 is 0 Å². The summed E-state index contributed by atoms with van der Waals surface area (Å²) in [5.74, 6) is -0.0189. The highest BCUT2D eigenvalue weighted by atomic mass is 16.2. The monoisotopic (exact) mass is 417 g/mol. The van der Waals surface area contributed by atoms with Crippen LogP contribution in [0.15, 0.2) is 67.3 Å². The molecule has 31 heavy (non-hydrogen) atoms. The van der Waals surface area contributed by atoms with Crippen molar-refractivity contribution in [2.24, 2.45) is 0 Å². The van der Waals surface area contributed by atoms with Gasteiger partial charge in [-0.1, -0.05) is 30.3 Å². The van der Waals surface area contributed by atoms with Crippen LogP contribution in [-0.2, 0) is 6.54 Å². The second-order valence-corrected chi connectivity index (χ2v) is 7.85. The summed E-state index contributed by atoms with van der Waals surface area (Å²) in [6, 6.07) is 17.1. The van der Waals surface area contributed by atoms with Crippen LogP contribution in [0.2, 0.25) is 0 Å². The largest absolute Gasteiger partial charge is 0.352 e. The lowest BCUT2D eigenvalue weighted by Gasteiger charge is -2.36. The minimum atomic E-state index is -0.0740. The van der Waals surface area contributed by atoms with E-state index < -0.39 is 0 Å². The zero-order chi connectivity index (χ0) is 21.5. The quantitative estimate of drug-likeness (QED) is 0.640. The van der Waals surface area contributed by atoms with Gasteiger partial charge in [-0.25, -0.2) is 9.67 Å². The van der Waals surface area contributed by atoms with Crippen LogP contribution in [0.3, 0.4) is 0 Å². The molecule has 2 aromatic carbocycles. The van der Waals surface area contributed by atoms with E-state index in [9.17, 15) is 9.59 Å². The van der Waals surface area contributed by atoms with Crippen LogP contribution in [0.5, 0.6) is 0 Å². The van der Waals surface area contributed by atoms with Gasteiger partial charge in [0.1, 0.15) is 12.7 Å². The molecule has 1 aliphatic rings. The number of nitrogens with one attached hydrogen (secondary N) is 1. The number of carbonyl (C=O) groups excluding carboxylic acids is 2. The van der Waals surface area contributed by atoms with Gasteiger partial charge in [0, 0.05) is 30.3 Å². The van der Waals surface area contributed by atoms with Crippen molar-refractivity contribution in [1.29, 1.82) is 0 Å². The summed E-state index contributed by atoms with van der Waals surface area (Å²) in [5, 5.41) is 7.12. The zero-order valence-electron chi connectivity index (χ0n) is 17.5. The average molecular weight is 418 g/mol. The van der Waals surface area contributed by atoms with Crippen molar-refractivity contribution in [3.63, 3.8) is 0 Å². The Kier molecular flexibility index (Phi) is 6.72. The van der Waals surface area contributed by atoms with Gasteiger partial charge in [-0.2, -0.15) is 5.10 Å². The topological polar surface area (TPSA) is 80.1 Å². The maximum Gasteiger partial charge on any atom is 0.254 e. The second kappa shape index (κ2) is 10.0. The molecule has 7 nitrogen and oxygen atoms in total. The number of carbonyl (C=O) groups is 2. The summed E-state index contributed by atoms with van der Waals surface area (Å²) >= 11 is 0. The van der Waals surface area contributed by atoms with Gasteiger partial charge >= 0.3 is 0 Å². The van der Waals surface area contributed by atoms with Gasteiger partial charge in [0.05, 0.1) is 6.54 Å². The number of piperidine rings is 1. The molecule has 2 heterocycles. The number of aromatic nitrogens is 3. The van der Waals surface area contributed by atoms with Gasteiger partial charge in [-0.15, -0.1) is 0 Å². The number of rotatable bonds is 7. The first-order valence-corrected chi connectivity index (χ1v) is 10.8. The third kappa shape index (κ3) is 5.36. The lowest BCUT2D eigenvalue weighted by molar-refractivity contribution is 0.0601. The summed E-state index contributed by atoms with van der Waals surface area (Å²) in [6.45, 7) is 1.88. The third-order valence-electron chi connectivity index (χ3n) is 5.67. The minimum absolute atomic E-state index is 0.0551. The molecule has 0 radical (unpaired) electrons. The summed E-state index contributed by atoms with van der Waals surface area (Å²) in [6.07, 6.45) is 7.00. The van der Waals surface area contributed by atoms with Crippen molar-refractivity contribution < 1.29 is 9.59 Å². The first-order valence-electron chi connectivity index (χ1n) is 10.8. The Morgan fingerprint density at radius 1 is 1.03 bits per heavy atom. The molecule has 2 amide bonds. The molecular formula is C24H27N5O2. The van der Waals surface area contributed by atoms with Crippen LogP contribution < -0.4 is 5.32 Å². The predicted molar refractivity (Wildman–Crippen MR) is 118 cm³/mol. The van der Waals surface area contributed by atoms with Crippen LogP contribution in [-0.4, -0.2) is 50.6 Å². The summed E-state index contributed by atoms with van der Waals surface area (Å²) < 4.78 is 1.74. The van der Waals surface area contributed by atoms with Crippen molar-refractivity contribution in [2.45, 2.75) is 38.3 Å². The molecule has 1 fully saturated rings. The standard InChI is InChI=1S/C24H27N5O2/c30-23(20-8-2-1-3-9-20)26-13-12-22-11-4-5-14-29(22)24(31)21-10-6-7-19(15-21)16-28-18-25-17-27-28/h1-3,6-10,15,17-18,22H,4-5,11-14,16H2,(H,26,30). The Morgan fingerprint density at radius 3 is 2.68 bits per heavy atom. The van der Waals surface area contributed by atoms with Crippen molar-refractivity contribution in [1.82, 2.24) is 25.0 Å². The van der Waals surface area contributed by atoms with Crippen molar-refractivity contribution in [3.8, 4) is 0 Å². The molecule has 7 heteroatoms. The lowest BCUT2D eigenvalue weighted by atomic mass is 9.97. The molecule has 1 saturated heterocycles. The van der Waals surface area contributed by atoms with E-state index in [0.29, 0.717) is 24.2 Å². The highest BCUT2D eigenvalue weighted by Gasteiger charge is 2.27. The molecule has 1 aliphatic heterocycles. The summed E-state index contributed by atoms with van der Waals surface area (Å²) in [7, 11) is 0. The molecule has 1 aromatic heterocycles. The molecule has 1 unspecified atom stereocenters. The highest BCUT2D eigenvalue weighted by molar-refractivity contribution is 5.95. The van der Waals surface area contributed by atoms with Gasteiger partial charge < -0.3 is 10.2 Å². The molecule has 3 aromatic rings. The fourth-order valence-corrected chi connectivity index (χ4v) is 4.08. The van der Waals surface area contributed by atoms with Gasteiger partial charge in [0.2, 0.25) is 0 Å². The first kappa shape index (κ1) is 20.8. The Labute approximate surface area is 182 Å². The van der Waals surface area contributed by atoms with E-state index in [2.05, 4.69) is 15.4 Å². The van der Waals surface area contributed by atoms with E-state index in [1.54, 1.807) is 23.1 Å². The van der Waals surface area contributed by atoms with E-state index in [1.165, 1.54) is 6.33 Å². The minimum Gasteiger partial charge on any atom is -0.352 e. The Balaban J connectivity index is 1.37. The van der Waals surface area contributed by atoms with Gasteiger partial charge in [-0.3, -0.25) is 9.59 Å². The van der Waals surface area contributed by atoms with E-state index in [1.807, 2.05) is 47.4 Å². The molecule has 1 N–H and O–H groups in total. The number of benzene rings is 2. The van der Waals surface area contributed by atoms with Crippen LogP contribution in [0.4, 0.5) is 0 Å². The third-order valence-corrected chi connectivity index (χ3v) is 5.67. The Morgan fingerprint density at radius 2 is 1.87 bits per heavy atom. The number of amides is 2. The molecule has 160 valence electrons. The fourth-order valence-electron chi connectivity index (χ4n) is 4.08. The second-order valence-electron chi connectivity index (χ2n) is 7.85. The Bertz CT molecular complexity index is 1000. The predicted octanol–water partition coefficient (Wildman–Crippen LogP) is 3.14. The maximum absolute atomic E-state index is 13.3. The van der Waals surface area contributed by atoms with Crippen molar-refractivity contribution >= 4 is 11.8 Å². The SMILES string of the molecule is O=C(NCCC1CCCCN1C(=O)c1cccc(Cn2cncn2)c1)c1ccccc1. The van der Waals surface area contributed by atoms with Gasteiger partial charge in [-0.05, 0) is 55.5 Å². The smallest absolute Gasteiger partial charge is 0.254 e. The number of likely N-dealkylation sites (tertiary alicyclic amines) is 1.